The predicted molar refractivity (Wildman–Crippen MR) is 100 cm³/mol. The fraction of sp³-hybridized carbons (Fsp3) is 0.421. The molecule has 0 saturated carbocycles. The first kappa shape index (κ1) is 19.4. The molecule has 0 unspecified atom stereocenters. The van der Waals surface area contributed by atoms with Crippen molar-refractivity contribution in [2.45, 2.75) is 32.4 Å². The molecule has 1 atom stereocenters. The van der Waals surface area contributed by atoms with E-state index in [1.54, 1.807) is 11.1 Å². The number of halogens is 1. The van der Waals surface area contributed by atoms with Crippen LogP contribution >= 0.6 is 11.6 Å². The van der Waals surface area contributed by atoms with Crippen LogP contribution in [0.3, 0.4) is 0 Å². The van der Waals surface area contributed by atoms with Crippen LogP contribution < -0.4 is 4.74 Å². The first-order valence-electron chi connectivity index (χ1n) is 8.56. The summed E-state index contributed by atoms with van der Waals surface area (Å²) in [6.07, 6.45) is 1.92. The van der Waals surface area contributed by atoms with Crippen molar-refractivity contribution in [1.29, 1.82) is 0 Å². The maximum atomic E-state index is 12.4. The van der Waals surface area contributed by atoms with Gasteiger partial charge in [0, 0.05) is 37.2 Å². The van der Waals surface area contributed by atoms with E-state index in [0.717, 1.165) is 16.5 Å². The summed E-state index contributed by atoms with van der Waals surface area (Å²) < 4.78 is 10.4. The van der Waals surface area contributed by atoms with Crippen LogP contribution in [-0.2, 0) is 27.3 Å². The Labute approximate surface area is 161 Å². The van der Waals surface area contributed by atoms with Gasteiger partial charge in [0.05, 0.1) is 23.7 Å². The van der Waals surface area contributed by atoms with Crippen molar-refractivity contribution in [2.24, 2.45) is 0 Å². The van der Waals surface area contributed by atoms with Crippen molar-refractivity contribution < 1.29 is 24.2 Å². The van der Waals surface area contributed by atoms with Crippen molar-refractivity contribution >= 4 is 34.4 Å². The number of ether oxygens (including phenoxy) is 2. The minimum absolute atomic E-state index is 0.0166. The second-order valence-corrected chi connectivity index (χ2v) is 6.87. The molecule has 3 rings (SSSR count). The number of fused-ring (bicyclic) bond motifs is 3. The van der Waals surface area contributed by atoms with Gasteiger partial charge in [-0.15, -0.1) is 0 Å². The number of carbonyl (C=O) groups excluding carboxylic acids is 1. The molecule has 0 spiro atoms. The molecule has 0 saturated heterocycles. The molecule has 1 aliphatic rings. The fourth-order valence-corrected chi connectivity index (χ4v) is 3.95. The number of aromatic nitrogens is 1. The molecule has 0 fully saturated rings. The zero-order valence-electron chi connectivity index (χ0n) is 15.4. The molecule has 1 aliphatic heterocycles. The van der Waals surface area contributed by atoms with Gasteiger partial charge in [-0.05, 0) is 30.5 Å². The second-order valence-electron chi connectivity index (χ2n) is 6.49. The fourth-order valence-electron chi connectivity index (χ4n) is 3.63. The SMILES string of the molecule is COCC(=O)N1Cc2cnc3c(CCC(=O)O)c(Cl)c(OC)cc3c2[C@@H]1C. The number of aryl methyl sites for hydroxylation is 1. The van der Waals surface area contributed by atoms with E-state index in [2.05, 4.69) is 4.98 Å². The van der Waals surface area contributed by atoms with Crippen molar-refractivity contribution in [3.8, 4) is 5.75 Å². The number of hydrogen-bond donors (Lipinski definition) is 1. The van der Waals surface area contributed by atoms with Crippen LogP contribution in [0.15, 0.2) is 12.3 Å². The quantitative estimate of drug-likeness (QED) is 0.813. The van der Waals surface area contributed by atoms with Gasteiger partial charge in [0.15, 0.2) is 0 Å². The Morgan fingerprint density at radius 3 is 2.78 bits per heavy atom. The largest absolute Gasteiger partial charge is 0.495 e. The molecule has 8 heteroatoms. The molecule has 144 valence electrons. The molecular formula is C19H21ClN2O5. The van der Waals surface area contributed by atoms with Crippen molar-refractivity contribution in [1.82, 2.24) is 9.88 Å². The number of carboxylic acid groups (broad SMARTS) is 1. The Kier molecular flexibility index (Phi) is 5.53. The number of nitrogens with zero attached hydrogens (tertiary/aromatic N) is 2. The molecule has 0 radical (unpaired) electrons. The molecule has 2 heterocycles. The molecule has 1 amide bonds. The Bertz CT molecular complexity index is 915. The normalized spacial score (nSPS) is 15.9. The highest BCUT2D eigenvalue weighted by atomic mass is 35.5. The number of carboxylic acids is 1. The highest BCUT2D eigenvalue weighted by molar-refractivity contribution is 6.34. The van der Waals surface area contributed by atoms with Crippen LogP contribution in [0.2, 0.25) is 5.02 Å². The number of rotatable bonds is 6. The van der Waals surface area contributed by atoms with Crippen LogP contribution in [0.4, 0.5) is 0 Å². The first-order valence-corrected chi connectivity index (χ1v) is 8.93. The van der Waals surface area contributed by atoms with Crippen LogP contribution in [0.1, 0.15) is 36.1 Å². The molecule has 1 aromatic heterocycles. The van der Waals surface area contributed by atoms with Gasteiger partial charge in [0.2, 0.25) is 5.91 Å². The van der Waals surface area contributed by atoms with Gasteiger partial charge in [-0.25, -0.2) is 0 Å². The van der Waals surface area contributed by atoms with E-state index >= 15 is 0 Å². The van der Waals surface area contributed by atoms with Gasteiger partial charge in [-0.3, -0.25) is 14.6 Å². The van der Waals surface area contributed by atoms with E-state index in [1.807, 2.05) is 13.0 Å². The molecule has 1 aromatic carbocycles. The van der Waals surface area contributed by atoms with Gasteiger partial charge >= 0.3 is 5.97 Å². The van der Waals surface area contributed by atoms with Gasteiger partial charge < -0.3 is 19.5 Å². The number of hydrogen-bond acceptors (Lipinski definition) is 5. The summed E-state index contributed by atoms with van der Waals surface area (Å²) in [5.74, 6) is -0.539. The van der Waals surface area contributed by atoms with E-state index < -0.39 is 5.97 Å². The summed E-state index contributed by atoms with van der Waals surface area (Å²) in [5, 5.41) is 10.3. The standard InChI is InChI=1S/C19H21ClN2O5/c1-10-17-11(8-22(10)15(23)9-26-2)7-21-19-12(4-5-16(24)25)18(20)14(27-3)6-13(17)19/h6-7,10H,4-5,8-9H2,1-3H3,(H,24,25)/t10-/m0/s1. The number of carbonyl (C=O) groups is 2. The van der Waals surface area contributed by atoms with E-state index in [0.29, 0.717) is 28.4 Å². The Morgan fingerprint density at radius 1 is 1.41 bits per heavy atom. The van der Waals surface area contributed by atoms with Gasteiger partial charge in [-0.1, -0.05) is 11.6 Å². The second kappa shape index (κ2) is 7.70. The van der Waals surface area contributed by atoms with Crippen LogP contribution in [-0.4, -0.2) is 47.7 Å². The van der Waals surface area contributed by atoms with E-state index in [-0.39, 0.29) is 31.4 Å². The van der Waals surface area contributed by atoms with Crippen molar-refractivity contribution in [2.75, 3.05) is 20.8 Å². The minimum atomic E-state index is -0.909. The highest BCUT2D eigenvalue weighted by Gasteiger charge is 2.33. The van der Waals surface area contributed by atoms with Gasteiger partial charge in [0.1, 0.15) is 12.4 Å². The third kappa shape index (κ3) is 3.44. The van der Waals surface area contributed by atoms with Crippen LogP contribution in [0.5, 0.6) is 5.75 Å². The molecule has 27 heavy (non-hydrogen) atoms. The topological polar surface area (TPSA) is 89.0 Å². The third-order valence-corrected chi connectivity index (χ3v) is 5.32. The van der Waals surface area contributed by atoms with Crippen molar-refractivity contribution in [3.63, 3.8) is 0 Å². The maximum Gasteiger partial charge on any atom is 0.303 e. The third-order valence-electron chi connectivity index (χ3n) is 4.91. The smallest absolute Gasteiger partial charge is 0.303 e. The molecule has 2 aromatic rings. The van der Waals surface area contributed by atoms with E-state index in [9.17, 15) is 9.59 Å². The lowest BCUT2D eigenvalue weighted by molar-refractivity contribution is -0.138. The lowest BCUT2D eigenvalue weighted by Gasteiger charge is -2.22. The van der Waals surface area contributed by atoms with E-state index in [4.69, 9.17) is 26.2 Å². The Morgan fingerprint density at radius 2 is 2.15 bits per heavy atom. The molecule has 1 N–H and O–H groups in total. The summed E-state index contributed by atoms with van der Waals surface area (Å²) in [4.78, 5) is 29.7. The minimum Gasteiger partial charge on any atom is -0.495 e. The lowest BCUT2D eigenvalue weighted by atomic mass is 9.97. The Hall–Kier alpha value is -2.38. The highest BCUT2D eigenvalue weighted by Crippen LogP contribution is 2.42. The summed E-state index contributed by atoms with van der Waals surface area (Å²) in [6, 6.07) is 1.65. The zero-order chi connectivity index (χ0) is 19.7. The summed E-state index contributed by atoms with van der Waals surface area (Å²) in [6.45, 7) is 2.43. The van der Waals surface area contributed by atoms with Crippen LogP contribution in [0, 0.1) is 0 Å². The number of pyridine rings is 1. The molecule has 0 bridgehead atoms. The number of aliphatic carboxylic acids is 1. The summed E-state index contributed by atoms with van der Waals surface area (Å²) >= 11 is 6.44. The average Bonchev–Trinajstić information content (AvgIpc) is 2.97. The monoisotopic (exact) mass is 392 g/mol. The lowest BCUT2D eigenvalue weighted by Crippen LogP contribution is -2.31. The molecular weight excluding hydrogens is 372 g/mol. The van der Waals surface area contributed by atoms with Crippen LogP contribution in [0.25, 0.3) is 10.9 Å². The summed E-state index contributed by atoms with van der Waals surface area (Å²) in [5.41, 5.74) is 3.22. The average molecular weight is 393 g/mol. The first-order chi connectivity index (χ1) is 12.9. The van der Waals surface area contributed by atoms with E-state index in [1.165, 1.54) is 14.2 Å². The molecule has 7 nitrogen and oxygen atoms in total. The molecule has 0 aliphatic carbocycles. The maximum absolute atomic E-state index is 12.4. The van der Waals surface area contributed by atoms with Gasteiger partial charge in [-0.2, -0.15) is 0 Å². The van der Waals surface area contributed by atoms with Crippen molar-refractivity contribution in [3.05, 3.63) is 34.0 Å². The number of amides is 1. The number of methoxy groups -OCH3 is 2. The Balaban J connectivity index is 2.15. The number of benzene rings is 1. The predicted octanol–water partition coefficient (Wildman–Crippen LogP) is 2.96. The van der Waals surface area contributed by atoms with Gasteiger partial charge in [0.25, 0.3) is 0 Å². The summed E-state index contributed by atoms with van der Waals surface area (Å²) in [7, 11) is 3.01. The zero-order valence-corrected chi connectivity index (χ0v) is 16.2.